The number of nitrogens with zero attached hydrogens (tertiary/aromatic N) is 3. The molecule has 0 aliphatic carbocycles. The van der Waals surface area contributed by atoms with Crippen molar-refractivity contribution in [2.75, 3.05) is 16.2 Å². The van der Waals surface area contributed by atoms with E-state index in [1.807, 2.05) is 0 Å². The third kappa shape index (κ3) is 3.09. The molecule has 0 fully saturated rings. The number of sulfonamides is 1. The van der Waals surface area contributed by atoms with Gasteiger partial charge in [-0.15, -0.1) is 0 Å². The van der Waals surface area contributed by atoms with Gasteiger partial charge in [0.05, 0.1) is 4.90 Å². The van der Waals surface area contributed by atoms with Crippen LogP contribution in [-0.2, 0) is 21.2 Å². The molecule has 126 valence electrons. The molecule has 1 aromatic heterocycles. The number of fused-ring (bicyclic) bond motifs is 1. The highest BCUT2D eigenvalue weighted by Gasteiger charge is 2.25. The van der Waals surface area contributed by atoms with Crippen molar-refractivity contribution in [3.8, 4) is 0 Å². The van der Waals surface area contributed by atoms with Crippen molar-refractivity contribution in [2.45, 2.75) is 32.1 Å². The van der Waals surface area contributed by atoms with Gasteiger partial charge in [-0.2, -0.15) is 0 Å². The Morgan fingerprint density at radius 1 is 1.17 bits per heavy atom. The van der Waals surface area contributed by atoms with Gasteiger partial charge in [0.25, 0.3) is 10.0 Å². The van der Waals surface area contributed by atoms with Crippen LogP contribution in [0.25, 0.3) is 0 Å². The first-order chi connectivity index (χ1) is 11.3. The number of amides is 1. The summed E-state index contributed by atoms with van der Waals surface area (Å²) in [7, 11) is -3.83. The molecule has 1 aromatic carbocycles. The van der Waals surface area contributed by atoms with Crippen LogP contribution in [-0.4, -0.2) is 30.8 Å². The minimum absolute atomic E-state index is 0.0384. The maximum atomic E-state index is 12.6. The van der Waals surface area contributed by atoms with Crippen molar-refractivity contribution in [3.63, 3.8) is 0 Å². The van der Waals surface area contributed by atoms with E-state index < -0.39 is 10.0 Å². The summed E-state index contributed by atoms with van der Waals surface area (Å²) in [5, 5.41) is 0. The minimum Gasteiger partial charge on any atom is -0.312 e. The van der Waals surface area contributed by atoms with Gasteiger partial charge in [0.1, 0.15) is 0 Å². The Kier molecular flexibility index (Phi) is 4.00. The number of hydrogen-bond donors (Lipinski definition) is 1. The Hall–Kier alpha value is -2.48. The van der Waals surface area contributed by atoms with Crippen LogP contribution in [0.3, 0.4) is 0 Å². The van der Waals surface area contributed by atoms with Crippen LogP contribution in [0.4, 0.5) is 11.6 Å². The molecule has 0 atom stereocenters. The molecule has 0 spiro atoms. The van der Waals surface area contributed by atoms with Gasteiger partial charge < -0.3 is 4.90 Å². The van der Waals surface area contributed by atoms with Crippen LogP contribution < -0.4 is 9.62 Å². The van der Waals surface area contributed by atoms with Gasteiger partial charge >= 0.3 is 0 Å². The summed E-state index contributed by atoms with van der Waals surface area (Å²) in [6.45, 7) is 5.58. The van der Waals surface area contributed by atoms with Crippen LogP contribution in [0.2, 0.25) is 0 Å². The number of hydrogen-bond acceptors (Lipinski definition) is 5. The number of anilines is 2. The van der Waals surface area contributed by atoms with E-state index in [9.17, 15) is 13.2 Å². The molecule has 2 aromatic rings. The average Bonchev–Trinajstić information content (AvgIpc) is 2.88. The first-order valence-corrected chi connectivity index (χ1v) is 9.01. The molecule has 0 saturated heterocycles. The molecule has 7 nitrogen and oxygen atoms in total. The molecule has 0 saturated carbocycles. The third-order valence-corrected chi connectivity index (χ3v) is 5.18. The lowest BCUT2D eigenvalue weighted by molar-refractivity contribution is -0.116. The number of aromatic nitrogens is 2. The highest BCUT2D eigenvalue weighted by atomic mass is 32.2. The maximum absolute atomic E-state index is 12.6. The Bertz CT molecular complexity index is 905. The fourth-order valence-electron chi connectivity index (χ4n) is 2.80. The molecule has 1 aliphatic rings. The van der Waals surface area contributed by atoms with Crippen LogP contribution in [0, 0.1) is 13.8 Å². The normalized spacial score (nSPS) is 13.7. The largest absolute Gasteiger partial charge is 0.312 e. The molecule has 0 radical (unpaired) electrons. The van der Waals surface area contributed by atoms with Crippen LogP contribution in [0.15, 0.2) is 29.2 Å². The van der Waals surface area contributed by atoms with E-state index in [0.29, 0.717) is 23.6 Å². The van der Waals surface area contributed by atoms with Gasteiger partial charge in [0.15, 0.2) is 0 Å². The predicted octanol–water partition coefficient (Wildman–Crippen LogP) is 1.80. The second-order valence-corrected chi connectivity index (χ2v) is 7.47. The van der Waals surface area contributed by atoms with Crippen molar-refractivity contribution in [1.82, 2.24) is 9.97 Å². The first-order valence-electron chi connectivity index (χ1n) is 7.52. The second kappa shape index (κ2) is 5.86. The summed E-state index contributed by atoms with van der Waals surface area (Å²) in [5.74, 6) is -0.0645. The van der Waals surface area contributed by atoms with Gasteiger partial charge in [0.2, 0.25) is 11.9 Å². The van der Waals surface area contributed by atoms with Gasteiger partial charge in [-0.25, -0.2) is 23.1 Å². The Morgan fingerprint density at radius 2 is 1.83 bits per heavy atom. The van der Waals surface area contributed by atoms with E-state index in [1.54, 1.807) is 30.9 Å². The second-order valence-electron chi connectivity index (χ2n) is 5.79. The highest BCUT2D eigenvalue weighted by Crippen LogP contribution is 2.31. The van der Waals surface area contributed by atoms with E-state index in [-0.39, 0.29) is 16.8 Å². The molecule has 1 amide bonds. The lowest BCUT2D eigenvalue weighted by atomic mass is 10.2. The molecular formula is C16H18N4O3S. The summed E-state index contributed by atoms with van der Waals surface area (Å²) < 4.78 is 27.6. The quantitative estimate of drug-likeness (QED) is 0.915. The molecule has 3 rings (SSSR count). The smallest absolute Gasteiger partial charge is 0.264 e. The first kappa shape index (κ1) is 16.4. The molecular weight excluding hydrogens is 328 g/mol. The van der Waals surface area contributed by atoms with Crippen molar-refractivity contribution >= 4 is 27.6 Å². The van der Waals surface area contributed by atoms with E-state index in [4.69, 9.17) is 0 Å². The van der Waals surface area contributed by atoms with Gasteiger partial charge in [-0.1, -0.05) is 6.07 Å². The summed E-state index contributed by atoms with van der Waals surface area (Å²) in [4.78, 5) is 21.5. The summed E-state index contributed by atoms with van der Waals surface area (Å²) >= 11 is 0. The van der Waals surface area contributed by atoms with Gasteiger partial charge in [0, 0.05) is 30.5 Å². The molecule has 2 heterocycles. The Labute approximate surface area is 140 Å². The Balaban J connectivity index is 1.96. The van der Waals surface area contributed by atoms with Gasteiger partial charge in [-0.05, 0) is 44.0 Å². The third-order valence-electron chi connectivity index (χ3n) is 3.85. The van der Waals surface area contributed by atoms with Crippen LogP contribution >= 0.6 is 0 Å². The van der Waals surface area contributed by atoms with E-state index >= 15 is 0 Å². The topological polar surface area (TPSA) is 92.3 Å². The lowest BCUT2D eigenvalue weighted by Crippen LogP contribution is -2.26. The van der Waals surface area contributed by atoms with Crippen molar-refractivity contribution in [3.05, 3.63) is 41.2 Å². The number of rotatable bonds is 3. The fourth-order valence-corrected chi connectivity index (χ4v) is 3.77. The summed E-state index contributed by atoms with van der Waals surface area (Å²) in [6.07, 6.45) is 0.725. The SMILES string of the molecule is CC(=O)N1CCc2ccc(S(=O)(=O)Nc3nc(C)cc(C)n3)cc21. The predicted molar refractivity (Wildman–Crippen MR) is 90.5 cm³/mol. The molecule has 0 unspecified atom stereocenters. The zero-order valence-electron chi connectivity index (χ0n) is 13.7. The average molecular weight is 346 g/mol. The highest BCUT2D eigenvalue weighted by molar-refractivity contribution is 7.92. The molecule has 1 N–H and O–H groups in total. The van der Waals surface area contributed by atoms with Crippen molar-refractivity contribution in [1.29, 1.82) is 0 Å². The number of carbonyl (C=O) groups excluding carboxylic acids is 1. The zero-order valence-corrected chi connectivity index (χ0v) is 14.5. The maximum Gasteiger partial charge on any atom is 0.264 e. The monoisotopic (exact) mass is 346 g/mol. The standard InChI is InChI=1S/C16H18N4O3S/c1-10-8-11(2)18-16(17-10)19-24(22,23)14-5-4-13-6-7-20(12(3)21)15(13)9-14/h4-5,8-9H,6-7H2,1-3H3,(H,17,18,19). The Morgan fingerprint density at radius 3 is 2.46 bits per heavy atom. The number of benzene rings is 1. The minimum atomic E-state index is -3.83. The van der Waals surface area contributed by atoms with E-state index in [0.717, 1.165) is 12.0 Å². The zero-order chi connectivity index (χ0) is 17.5. The van der Waals surface area contributed by atoms with E-state index in [2.05, 4.69) is 14.7 Å². The van der Waals surface area contributed by atoms with Crippen LogP contribution in [0.5, 0.6) is 0 Å². The van der Waals surface area contributed by atoms with Crippen LogP contribution in [0.1, 0.15) is 23.9 Å². The lowest BCUT2D eigenvalue weighted by Gasteiger charge is -2.16. The number of nitrogens with one attached hydrogen (secondary N) is 1. The molecule has 0 bridgehead atoms. The summed E-state index contributed by atoms with van der Waals surface area (Å²) in [6, 6.07) is 6.56. The van der Waals surface area contributed by atoms with E-state index in [1.165, 1.54) is 19.1 Å². The number of aryl methyl sites for hydroxylation is 2. The van der Waals surface area contributed by atoms with Crippen molar-refractivity contribution in [2.24, 2.45) is 0 Å². The number of carbonyl (C=O) groups is 1. The summed E-state index contributed by atoms with van der Waals surface area (Å²) in [5.41, 5.74) is 2.97. The molecule has 1 aliphatic heterocycles. The molecule has 8 heteroatoms. The molecule has 24 heavy (non-hydrogen) atoms. The fraction of sp³-hybridized carbons (Fsp3) is 0.312. The van der Waals surface area contributed by atoms with Crippen molar-refractivity contribution < 1.29 is 13.2 Å². The van der Waals surface area contributed by atoms with Gasteiger partial charge in [-0.3, -0.25) is 4.79 Å².